The quantitative estimate of drug-likeness (QED) is 0.805. The van der Waals surface area contributed by atoms with E-state index >= 15 is 0 Å². The van der Waals surface area contributed by atoms with Crippen LogP contribution in [0.4, 0.5) is 5.69 Å². The van der Waals surface area contributed by atoms with Crippen LogP contribution in [0.5, 0.6) is 0 Å². The van der Waals surface area contributed by atoms with Crippen LogP contribution in [0, 0.1) is 5.92 Å². The molecule has 1 heterocycles. The summed E-state index contributed by atoms with van der Waals surface area (Å²) in [7, 11) is 0. The normalized spacial score (nSPS) is 23.0. The van der Waals surface area contributed by atoms with Crippen molar-refractivity contribution in [1.29, 1.82) is 0 Å². The first-order valence-corrected chi connectivity index (χ1v) is 9.25. The molecule has 1 aliphatic rings. The Morgan fingerprint density at radius 1 is 1.35 bits per heavy atom. The van der Waals surface area contributed by atoms with E-state index in [9.17, 15) is 9.59 Å². The van der Waals surface area contributed by atoms with Gasteiger partial charge in [0.25, 0.3) is 0 Å². The second-order valence-electron chi connectivity index (χ2n) is 7.32. The lowest BCUT2D eigenvalue weighted by atomic mass is 9.74. The Labute approximate surface area is 153 Å². The number of hydrogen-bond acceptors (Lipinski definition) is 4. The molecule has 1 aliphatic carbocycles. The minimum absolute atomic E-state index is 0.0139. The van der Waals surface area contributed by atoms with Gasteiger partial charge in [0.15, 0.2) is 0 Å². The second kappa shape index (κ2) is 7.50. The predicted octanol–water partition coefficient (Wildman–Crippen LogP) is 3.05. The van der Waals surface area contributed by atoms with Gasteiger partial charge < -0.3 is 20.4 Å². The molecule has 0 spiro atoms. The molecule has 1 fully saturated rings. The number of rotatable bonds is 5. The van der Waals surface area contributed by atoms with Gasteiger partial charge in [-0.3, -0.25) is 9.59 Å². The van der Waals surface area contributed by atoms with Crippen LogP contribution in [-0.2, 0) is 20.9 Å². The summed E-state index contributed by atoms with van der Waals surface area (Å²) in [6.45, 7) is 4.31. The Morgan fingerprint density at radius 2 is 2.15 bits per heavy atom. The molecule has 6 nitrogen and oxygen atoms in total. The van der Waals surface area contributed by atoms with Crippen molar-refractivity contribution >= 4 is 28.5 Å². The minimum Gasteiger partial charge on any atom is -0.465 e. The lowest BCUT2D eigenvalue weighted by Gasteiger charge is -2.37. The molecule has 0 saturated heterocycles. The van der Waals surface area contributed by atoms with Gasteiger partial charge in [-0.15, -0.1) is 0 Å². The second-order valence-corrected chi connectivity index (χ2v) is 7.32. The Morgan fingerprint density at radius 3 is 2.88 bits per heavy atom. The summed E-state index contributed by atoms with van der Waals surface area (Å²) in [4.78, 5) is 24.4. The molecule has 0 radical (unpaired) electrons. The Kier molecular flexibility index (Phi) is 5.32. The number of amides is 1. The van der Waals surface area contributed by atoms with Crippen molar-refractivity contribution in [3.8, 4) is 0 Å². The van der Waals surface area contributed by atoms with Gasteiger partial charge in [-0.05, 0) is 51.0 Å². The number of fused-ring (bicyclic) bond motifs is 1. The van der Waals surface area contributed by atoms with Crippen LogP contribution < -0.4 is 11.1 Å². The van der Waals surface area contributed by atoms with E-state index in [-0.39, 0.29) is 24.3 Å². The van der Waals surface area contributed by atoms with E-state index in [0.29, 0.717) is 6.61 Å². The fraction of sp³-hybridized carbons (Fsp3) is 0.500. The Balaban J connectivity index is 1.73. The number of nitrogens with two attached hydrogens (primary N) is 1. The third-order valence-corrected chi connectivity index (χ3v) is 5.21. The molecule has 140 valence electrons. The van der Waals surface area contributed by atoms with Crippen molar-refractivity contribution in [1.82, 2.24) is 4.57 Å². The van der Waals surface area contributed by atoms with Crippen molar-refractivity contribution < 1.29 is 14.3 Å². The van der Waals surface area contributed by atoms with Gasteiger partial charge in [0.2, 0.25) is 5.91 Å². The number of anilines is 1. The first-order chi connectivity index (χ1) is 12.4. The van der Waals surface area contributed by atoms with E-state index < -0.39 is 5.54 Å². The standard InChI is InChI=1S/C20H27N3O3/c1-3-26-18(24)13-23-11-9-14-12-15(7-8-17(14)23)22-19(25)16-6-4-5-10-20(16,2)21/h7-9,11-12,16H,3-6,10,13,21H2,1-2H3,(H,22,25). The maximum absolute atomic E-state index is 12.7. The maximum atomic E-state index is 12.7. The van der Waals surface area contributed by atoms with Gasteiger partial charge in [-0.25, -0.2) is 0 Å². The molecule has 2 aromatic rings. The Bertz CT molecular complexity index is 810. The molecule has 1 aromatic carbocycles. The van der Waals surface area contributed by atoms with Gasteiger partial charge in [-0.2, -0.15) is 0 Å². The molecule has 1 aromatic heterocycles. The highest BCUT2D eigenvalue weighted by molar-refractivity contribution is 5.96. The first kappa shape index (κ1) is 18.5. The zero-order valence-corrected chi connectivity index (χ0v) is 15.5. The molecule has 6 heteroatoms. The van der Waals surface area contributed by atoms with Crippen molar-refractivity contribution in [3.63, 3.8) is 0 Å². The number of benzene rings is 1. The topological polar surface area (TPSA) is 86.3 Å². The summed E-state index contributed by atoms with van der Waals surface area (Å²) in [5, 5.41) is 3.97. The highest BCUT2D eigenvalue weighted by atomic mass is 16.5. The molecule has 2 unspecified atom stereocenters. The summed E-state index contributed by atoms with van der Waals surface area (Å²) in [6.07, 6.45) is 5.68. The number of nitrogens with one attached hydrogen (secondary N) is 1. The molecule has 1 saturated carbocycles. The number of carbonyl (C=O) groups is 2. The lowest BCUT2D eigenvalue weighted by Crippen LogP contribution is -2.51. The number of aromatic nitrogens is 1. The maximum Gasteiger partial charge on any atom is 0.325 e. The van der Waals surface area contributed by atoms with Gasteiger partial charge in [0.1, 0.15) is 6.54 Å². The number of nitrogens with zero attached hydrogens (tertiary/aromatic N) is 1. The van der Waals surface area contributed by atoms with Gasteiger partial charge in [0.05, 0.1) is 12.5 Å². The van der Waals surface area contributed by atoms with Crippen molar-refractivity contribution in [2.75, 3.05) is 11.9 Å². The van der Waals surface area contributed by atoms with Crippen LogP contribution in [0.1, 0.15) is 39.5 Å². The molecule has 1 amide bonds. The summed E-state index contributed by atoms with van der Waals surface area (Å²) in [5.74, 6) is -0.442. The third-order valence-electron chi connectivity index (χ3n) is 5.21. The molecule has 3 N–H and O–H groups in total. The highest BCUT2D eigenvalue weighted by Crippen LogP contribution is 2.32. The zero-order valence-electron chi connectivity index (χ0n) is 15.5. The fourth-order valence-electron chi connectivity index (χ4n) is 3.78. The molecular formula is C20H27N3O3. The number of carbonyl (C=O) groups excluding carboxylic acids is 2. The third kappa shape index (κ3) is 3.90. The molecule has 26 heavy (non-hydrogen) atoms. The van der Waals surface area contributed by atoms with Crippen LogP contribution in [0.15, 0.2) is 30.5 Å². The molecule has 2 atom stereocenters. The number of ether oxygens (including phenoxy) is 1. The monoisotopic (exact) mass is 357 g/mol. The fourth-order valence-corrected chi connectivity index (χ4v) is 3.78. The lowest BCUT2D eigenvalue weighted by molar-refractivity contribution is -0.143. The van der Waals surface area contributed by atoms with E-state index in [1.807, 2.05) is 42.0 Å². The summed E-state index contributed by atoms with van der Waals surface area (Å²) < 4.78 is 6.84. The van der Waals surface area contributed by atoms with Crippen LogP contribution in [0.2, 0.25) is 0 Å². The molecule has 0 aliphatic heterocycles. The summed E-state index contributed by atoms with van der Waals surface area (Å²) >= 11 is 0. The van der Waals surface area contributed by atoms with E-state index in [4.69, 9.17) is 10.5 Å². The molecular weight excluding hydrogens is 330 g/mol. The van der Waals surface area contributed by atoms with Crippen molar-refractivity contribution in [2.24, 2.45) is 11.7 Å². The highest BCUT2D eigenvalue weighted by Gasteiger charge is 2.37. The van der Waals surface area contributed by atoms with Gasteiger partial charge in [-0.1, -0.05) is 12.8 Å². The van der Waals surface area contributed by atoms with Gasteiger partial charge >= 0.3 is 5.97 Å². The average molecular weight is 357 g/mol. The summed E-state index contributed by atoms with van der Waals surface area (Å²) in [6, 6.07) is 7.62. The van der Waals surface area contributed by atoms with E-state index in [1.165, 1.54) is 0 Å². The average Bonchev–Trinajstić information content (AvgIpc) is 2.96. The first-order valence-electron chi connectivity index (χ1n) is 9.25. The van der Waals surface area contributed by atoms with Crippen LogP contribution in [0.3, 0.4) is 0 Å². The predicted molar refractivity (Wildman–Crippen MR) is 102 cm³/mol. The van der Waals surface area contributed by atoms with Crippen LogP contribution in [-0.4, -0.2) is 28.6 Å². The molecule has 0 bridgehead atoms. The SMILES string of the molecule is CCOC(=O)Cn1ccc2cc(NC(=O)C3CCCCC3(C)N)ccc21. The zero-order chi connectivity index (χ0) is 18.7. The number of hydrogen-bond donors (Lipinski definition) is 2. The minimum atomic E-state index is -0.449. The van der Waals surface area contributed by atoms with E-state index in [0.717, 1.165) is 42.3 Å². The number of esters is 1. The molecule has 3 rings (SSSR count). The van der Waals surface area contributed by atoms with Crippen molar-refractivity contribution in [2.45, 2.75) is 51.6 Å². The Hall–Kier alpha value is -2.34. The van der Waals surface area contributed by atoms with E-state index in [2.05, 4.69) is 5.32 Å². The van der Waals surface area contributed by atoms with E-state index in [1.54, 1.807) is 6.92 Å². The van der Waals surface area contributed by atoms with Crippen LogP contribution >= 0.6 is 0 Å². The van der Waals surface area contributed by atoms with Crippen LogP contribution in [0.25, 0.3) is 10.9 Å². The largest absolute Gasteiger partial charge is 0.465 e. The summed E-state index contributed by atoms with van der Waals surface area (Å²) in [5.41, 5.74) is 7.56. The smallest absolute Gasteiger partial charge is 0.325 e. The van der Waals surface area contributed by atoms with Crippen molar-refractivity contribution in [3.05, 3.63) is 30.5 Å². The van der Waals surface area contributed by atoms with Gasteiger partial charge in [0, 0.05) is 28.3 Å².